The summed E-state index contributed by atoms with van der Waals surface area (Å²) in [6.07, 6.45) is 0.499. The summed E-state index contributed by atoms with van der Waals surface area (Å²) in [5, 5.41) is 9.05. The first kappa shape index (κ1) is 15.2. The highest BCUT2D eigenvalue weighted by Crippen LogP contribution is 2.19. The van der Waals surface area contributed by atoms with Gasteiger partial charge in [0.25, 0.3) is 5.91 Å². The summed E-state index contributed by atoms with van der Waals surface area (Å²) in [6.45, 7) is 0.410. The van der Waals surface area contributed by atoms with Crippen molar-refractivity contribution in [3.8, 4) is 0 Å². The monoisotopic (exact) mass is 381 g/mol. The minimum Gasteiger partial charge on any atom is -0.481 e. The lowest BCUT2D eigenvalue weighted by Crippen LogP contribution is -2.28. The van der Waals surface area contributed by atoms with E-state index < -0.39 is 5.97 Å². The molecule has 6 heteroatoms. The molecule has 0 bridgehead atoms. The number of carboxylic acids is 1. The molecule has 0 spiro atoms. The Morgan fingerprint density at radius 1 is 1.44 bits per heavy atom. The lowest BCUT2D eigenvalue weighted by atomic mass is 10.2. The molecule has 1 amide bonds. The molecule has 1 aromatic rings. The second-order valence-electron chi connectivity index (χ2n) is 3.85. The van der Waals surface area contributed by atoms with Crippen molar-refractivity contribution in [1.82, 2.24) is 4.90 Å². The number of amides is 1. The van der Waals surface area contributed by atoms with E-state index in [0.717, 1.165) is 3.57 Å². The number of nitrogens with zero attached hydrogens (tertiary/aromatic N) is 1. The van der Waals surface area contributed by atoms with Gasteiger partial charge in [0, 0.05) is 28.6 Å². The first-order valence-corrected chi connectivity index (χ1v) is 6.80. The Kier molecular flexibility index (Phi) is 5.87. The summed E-state index contributed by atoms with van der Waals surface area (Å²) in [5.41, 5.74) is 0.543. The molecule has 0 saturated heterocycles. The van der Waals surface area contributed by atoms with Crippen LogP contribution in [0.1, 0.15) is 23.2 Å². The van der Waals surface area contributed by atoms with E-state index in [9.17, 15) is 9.59 Å². The molecule has 0 unspecified atom stereocenters. The van der Waals surface area contributed by atoms with E-state index in [1.165, 1.54) is 4.90 Å². The first-order valence-electron chi connectivity index (χ1n) is 5.34. The lowest BCUT2D eigenvalue weighted by molar-refractivity contribution is -0.137. The van der Waals surface area contributed by atoms with Crippen molar-refractivity contribution in [2.75, 3.05) is 13.6 Å². The molecule has 0 aliphatic rings. The third-order valence-electron chi connectivity index (χ3n) is 2.39. The number of carbonyl (C=O) groups excluding carboxylic acids is 1. The largest absolute Gasteiger partial charge is 0.481 e. The molecule has 1 rings (SSSR count). The predicted molar refractivity (Wildman–Crippen MR) is 78.0 cm³/mol. The Hall–Kier alpha value is -0.820. The van der Waals surface area contributed by atoms with E-state index >= 15 is 0 Å². The summed E-state index contributed by atoms with van der Waals surface area (Å²) in [7, 11) is 1.65. The molecule has 0 saturated carbocycles. The highest BCUT2D eigenvalue weighted by Gasteiger charge is 2.15. The standard InChI is InChI=1S/C12H13ClINO3/c1-15(6-2-3-11(16)17)12(18)9-7-8(13)4-5-10(9)14/h4-5,7H,2-3,6H2,1H3,(H,16,17). The molecule has 98 valence electrons. The molecular weight excluding hydrogens is 368 g/mol. The fraction of sp³-hybridized carbons (Fsp3) is 0.333. The van der Waals surface area contributed by atoms with Gasteiger partial charge in [0.05, 0.1) is 5.56 Å². The number of rotatable bonds is 5. The van der Waals surface area contributed by atoms with Crippen LogP contribution in [0.5, 0.6) is 0 Å². The van der Waals surface area contributed by atoms with Crippen LogP contribution in [0, 0.1) is 3.57 Å². The van der Waals surface area contributed by atoms with Gasteiger partial charge in [-0.1, -0.05) is 11.6 Å². The number of hydrogen-bond acceptors (Lipinski definition) is 2. The van der Waals surface area contributed by atoms with Crippen molar-refractivity contribution in [2.45, 2.75) is 12.8 Å². The average molecular weight is 382 g/mol. The van der Waals surface area contributed by atoms with E-state index in [4.69, 9.17) is 16.7 Å². The van der Waals surface area contributed by atoms with Gasteiger partial charge in [-0.15, -0.1) is 0 Å². The normalized spacial score (nSPS) is 10.2. The summed E-state index contributed by atoms with van der Waals surface area (Å²) >= 11 is 7.93. The SMILES string of the molecule is CN(CCCC(=O)O)C(=O)c1cc(Cl)ccc1I. The fourth-order valence-corrected chi connectivity index (χ4v) is 2.17. The van der Waals surface area contributed by atoms with E-state index in [1.54, 1.807) is 25.2 Å². The van der Waals surface area contributed by atoms with Gasteiger partial charge in [0.15, 0.2) is 0 Å². The molecule has 0 heterocycles. The molecule has 0 atom stereocenters. The van der Waals surface area contributed by atoms with Crippen LogP contribution in [-0.2, 0) is 4.79 Å². The summed E-state index contributed by atoms with van der Waals surface area (Å²) in [6, 6.07) is 5.13. The number of carboxylic acid groups (broad SMARTS) is 1. The van der Waals surface area contributed by atoms with Crippen LogP contribution in [0.2, 0.25) is 5.02 Å². The molecule has 0 aliphatic carbocycles. The summed E-state index contributed by atoms with van der Waals surface area (Å²) < 4.78 is 0.826. The summed E-state index contributed by atoms with van der Waals surface area (Å²) in [4.78, 5) is 24.0. The van der Waals surface area contributed by atoms with Gasteiger partial charge in [-0.3, -0.25) is 9.59 Å². The average Bonchev–Trinajstić information content (AvgIpc) is 2.30. The van der Waals surface area contributed by atoms with E-state index in [-0.39, 0.29) is 12.3 Å². The highest BCUT2D eigenvalue weighted by molar-refractivity contribution is 14.1. The zero-order chi connectivity index (χ0) is 13.7. The molecule has 0 aliphatic heterocycles. The molecular formula is C12H13ClINO3. The predicted octanol–water partition coefficient (Wildman–Crippen LogP) is 2.88. The van der Waals surface area contributed by atoms with Crippen LogP contribution in [0.25, 0.3) is 0 Å². The van der Waals surface area contributed by atoms with Crippen molar-refractivity contribution in [3.63, 3.8) is 0 Å². The van der Waals surface area contributed by atoms with Gasteiger partial charge in [0.1, 0.15) is 0 Å². The first-order chi connectivity index (χ1) is 8.41. The second kappa shape index (κ2) is 6.94. The summed E-state index contributed by atoms with van der Waals surface area (Å²) in [5.74, 6) is -1.000. The molecule has 0 aromatic heterocycles. The van der Waals surface area contributed by atoms with Gasteiger partial charge in [-0.2, -0.15) is 0 Å². The molecule has 0 radical (unpaired) electrons. The van der Waals surface area contributed by atoms with E-state index in [0.29, 0.717) is 23.6 Å². The zero-order valence-electron chi connectivity index (χ0n) is 9.82. The maximum Gasteiger partial charge on any atom is 0.303 e. The minimum absolute atomic E-state index is 0.0598. The molecule has 4 nitrogen and oxygen atoms in total. The van der Waals surface area contributed by atoms with Crippen molar-refractivity contribution in [2.24, 2.45) is 0 Å². The Labute approximate surface area is 124 Å². The Bertz CT molecular complexity index is 465. The lowest BCUT2D eigenvalue weighted by Gasteiger charge is -2.17. The fourth-order valence-electron chi connectivity index (χ4n) is 1.44. The Balaban J connectivity index is 2.68. The quantitative estimate of drug-likeness (QED) is 0.798. The smallest absolute Gasteiger partial charge is 0.303 e. The van der Waals surface area contributed by atoms with Gasteiger partial charge in [-0.25, -0.2) is 0 Å². The van der Waals surface area contributed by atoms with Crippen LogP contribution in [0.3, 0.4) is 0 Å². The van der Waals surface area contributed by atoms with Crippen molar-refractivity contribution in [1.29, 1.82) is 0 Å². The number of benzene rings is 1. The Morgan fingerprint density at radius 2 is 2.11 bits per heavy atom. The maximum absolute atomic E-state index is 12.1. The second-order valence-corrected chi connectivity index (χ2v) is 5.45. The minimum atomic E-state index is -0.854. The molecule has 1 N–H and O–H groups in total. The van der Waals surface area contributed by atoms with Crippen LogP contribution >= 0.6 is 34.2 Å². The Morgan fingerprint density at radius 3 is 2.72 bits per heavy atom. The number of carbonyl (C=O) groups is 2. The van der Waals surface area contributed by atoms with Gasteiger partial charge in [-0.05, 0) is 47.2 Å². The zero-order valence-corrected chi connectivity index (χ0v) is 12.7. The van der Waals surface area contributed by atoms with Crippen LogP contribution in [0.4, 0.5) is 0 Å². The van der Waals surface area contributed by atoms with Crippen molar-refractivity contribution < 1.29 is 14.7 Å². The van der Waals surface area contributed by atoms with Gasteiger partial charge >= 0.3 is 5.97 Å². The van der Waals surface area contributed by atoms with Crippen molar-refractivity contribution >= 4 is 46.1 Å². The van der Waals surface area contributed by atoms with Crippen LogP contribution < -0.4 is 0 Å². The van der Waals surface area contributed by atoms with E-state index in [2.05, 4.69) is 22.6 Å². The number of aliphatic carboxylic acids is 1. The van der Waals surface area contributed by atoms with E-state index in [1.807, 2.05) is 0 Å². The van der Waals surface area contributed by atoms with Crippen LogP contribution in [0.15, 0.2) is 18.2 Å². The molecule has 18 heavy (non-hydrogen) atoms. The van der Waals surface area contributed by atoms with Gasteiger partial charge in [0.2, 0.25) is 0 Å². The number of hydrogen-bond donors (Lipinski definition) is 1. The third-order valence-corrected chi connectivity index (χ3v) is 3.57. The maximum atomic E-state index is 12.1. The third kappa shape index (κ3) is 4.45. The molecule has 0 fully saturated rings. The van der Waals surface area contributed by atoms with Crippen LogP contribution in [-0.4, -0.2) is 35.5 Å². The highest BCUT2D eigenvalue weighted by atomic mass is 127. The number of halogens is 2. The van der Waals surface area contributed by atoms with Gasteiger partial charge < -0.3 is 10.0 Å². The molecule has 1 aromatic carbocycles. The van der Waals surface area contributed by atoms with Crippen molar-refractivity contribution in [3.05, 3.63) is 32.4 Å². The topological polar surface area (TPSA) is 57.6 Å².